The summed E-state index contributed by atoms with van der Waals surface area (Å²) in [5, 5.41) is 10.9. The summed E-state index contributed by atoms with van der Waals surface area (Å²) in [7, 11) is 0. The van der Waals surface area contributed by atoms with Gasteiger partial charge in [-0.3, -0.25) is 9.59 Å². The van der Waals surface area contributed by atoms with Crippen LogP contribution in [0.2, 0.25) is 0 Å². The average Bonchev–Trinajstić information content (AvgIpc) is 2.33. The Morgan fingerprint density at radius 1 is 1.16 bits per heavy atom. The molecule has 0 aromatic heterocycles. The lowest BCUT2D eigenvalue weighted by atomic mass is 10.1. The first kappa shape index (κ1) is 15.1. The van der Waals surface area contributed by atoms with E-state index in [2.05, 4.69) is 5.32 Å². The monoisotopic (exact) mass is 271 g/mol. The highest BCUT2D eigenvalue weighted by molar-refractivity contribution is 5.78. The molecule has 6 heteroatoms. The molecule has 1 rings (SSSR count). The van der Waals surface area contributed by atoms with Crippen LogP contribution in [0, 0.1) is 11.6 Å². The van der Waals surface area contributed by atoms with E-state index < -0.39 is 23.5 Å². The molecule has 0 unspecified atom stereocenters. The van der Waals surface area contributed by atoms with Gasteiger partial charge < -0.3 is 10.4 Å². The smallest absolute Gasteiger partial charge is 0.303 e. The van der Waals surface area contributed by atoms with Crippen LogP contribution >= 0.6 is 0 Å². The molecule has 0 bridgehead atoms. The van der Waals surface area contributed by atoms with Crippen LogP contribution in [-0.2, 0) is 16.0 Å². The minimum absolute atomic E-state index is 0.0395. The zero-order valence-electron chi connectivity index (χ0n) is 10.3. The number of hydrogen-bond acceptors (Lipinski definition) is 2. The van der Waals surface area contributed by atoms with Gasteiger partial charge in [0.2, 0.25) is 5.91 Å². The minimum Gasteiger partial charge on any atom is -0.481 e. The molecule has 0 spiro atoms. The van der Waals surface area contributed by atoms with Gasteiger partial charge in [0.15, 0.2) is 0 Å². The summed E-state index contributed by atoms with van der Waals surface area (Å²) in [6.45, 7) is 0.294. The normalized spacial score (nSPS) is 10.2. The number of unbranched alkanes of at least 4 members (excludes halogenated alkanes) is 1. The number of amides is 1. The van der Waals surface area contributed by atoms with Crippen LogP contribution in [0.3, 0.4) is 0 Å². The van der Waals surface area contributed by atoms with E-state index in [0.29, 0.717) is 19.4 Å². The number of halogens is 2. The van der Waals surface area contributed by atoms with Crippen molar-refractivity contribution in [3.05, 3.63) is 35.4 Å². The largest absolute Gasteiger partial charge is 0.481 e. The molecule has 19 heavy (non-hydrogen) atoms. The fraction of sp³-hybridized carbons (Fsp3) is 0.385. The molecule has 1 aromatic rings. The van der Waals surface area contributed by atoms with Crippen molar-refractivity contribution in [3.63, 3.8) is 0 Å². The summed E-state index contributed by atoms with van der Waals surface area (Å²) in [5.74, 6) is -2.87. The van der Waals surface area contributed by atoms with Crippen molar-refractivity contribution in [1.29, 1.82) is 0 Å². The van der Waals surface area contributed by atoms with E-state index in [1.807, 2.05) is 0 Å². The lowest BCUT2D eigenvalue weighted by Crippen LogP contribution is -2.27. The minimum atomic E-state index is -0.889. The van der Waals surface area contributed by atoms with E-state index in [1.165, 1.54) is 6.07 Å². The number of carbonyl (C=O) groups is 2. The Morgan fingerprint density at radius 2 is 1.79 bits per heavy atom. The number of nitrogens with one attached hydrogen (secondary N) is 1. The molecule has 1 aromatic carbocycles. The molecule has 0 fully saturated rings. The van der Waals surface area contributed by atoms with Crippen LogP contribution in [0.15, 0.2) is 18.2 Å². The molecule has 0 aliphatic heterocycles. The Hall–Kier alpha value is -1.98. The molecular weight excluding hydrogens is 256 g/mol. The molecule has 0 radical (unpaired) electrons. The average molecular weight is 271 g/mol. The zero-order valence-corrected chi connectivity index (χ0v) is 10.3. The van der Waals surface area contributed by atoms with Gasteiger partial charge >= 0.3 is 5.97 Å². The first-order valence-electron chi connectivity index (χ1n) is 5.92. The van der Waals surface area contributed by atoms with Crippen molar-refractivity contribution in [2.45, 2.75) is 25.7 Å². The Morgan fingerprint density at radius 3 is 2.37 bits per heavy atom. The second-order valence-corrected chi connectivity index (χ2v) is 4.08. The third-order valence-corrected chi connectivity index (χ3v) is 2.54. The molecule has 4 nitrogen and oxygen atoms in total. The van der Waals surface area contributed by atoms with Crippen LogP contribution in [0.25, 0.3) is 0 Å². The summed E-state index contributed by atoms with van der Waals surface area (Å²) in [4.78, 5) is 21.7. The summed E-state index contributed by atoms with van der Waals surface area (Å²) in [5.41, 5.74) is -0.259. The van der Waals surface area contributed by atoms with Crippen molar-refractivity contribution in [1.82, 2.24) is 5.32 Å². The van der Waals surface area contributed by atoms with E-state index in [9.17, 15) is 18.4 Å². The van der Waals surface area contributed by atoms with Crippen molar-refractivity contribution in [2.24, 2.45) is 0 Å². The Balaban J connectivity index is 2.33. The number of carbonyl (C=O) groups excluding carboxylic acids is 1. The van der Waals surface area contributed by atoms with Crippen molar-refractivity contribution >= 4 is 11.9 Å². The third-order valence-electron chi connectivity index (χ3n) is 2.54. The van der Waals surface area contributed by atoms with Gasteiger partial charge in [0.25, 0.3) is 0 Å². The first-order valence-corrected chi connectivity index (χ1v) is 5.92. The van der Waals surface area contributed by atoms with Crippen LogP contribution in [0.5, 0.6) is 0 Å². The number of aliphatic carboxylic acids is 1. The topological polar surface area (TPSA) is 66.4 Å². The van der Waals surface area contributed by atoms with Gasteiger partial charge in [-0.15, -0.1) is 0 Å². The third kappa shape index (κ3) is 5.46. The predicted octanol–water partition coefficient (Wildman–Crippen LogP) is 1.88. The number of benzene rings is 1. The SMILES string of the molecule is O=C(O)CCCCNC(=O)Cc1c(F)cccc1F. The van der Waals surface area contributed by atoms with Crippen LogP contribution < -0.4 is 5.32 Å². The fourth-order valence-electron chi connectivity index (χ4n) is 1.55. The molecule has 0 saturated heterocycles. The van der Waals surface area contributed by atoms with Crippen molar-refractivity contribution in [2.75, 3.05) is 6.54 Å². The van der Waals surface area contributed by atoms with Gasteiger partial charge in [-0.05, 0) is 25.0 Å². The maximum Gasteiger partial charge on any atom is 0.303 e. The highest BCUT2D eigenvalue weighted by Gasteiger charge is 2.12. The number of carboxylic acid groups (broad SMARTS) is 1. The van der Waals surface area contributed by atoms with E-state index in [-0.39, 0.29) is 18.4 Å². The lowest BCUT2D eigenvalue weighted by Gasteiger charge is -2.06. The van der Waals surface area contributed by atoms with Gasteiger partial charge in [-0.1, -0.05) is 6.07 Å². The highest BCUT2D eigenvalue weighted by atomic mass is 19.1. The van der Waals surface area contributed by atoms with Crippen LogP contribution in [0.1, 0.15) is 24.8 Å². The zero-order chi connectivity index (χ0) is 14.3. The number of rotatable bonds is 7. The highest BCUT2D eigenvalue weighted by Crippen LogP contribution is 2.12. The molecule has 0 aliphatic carbocycles. The second kappa shape index (κ2) is 7.45. The Bertz CT molecular complexity index is 443. The number of carboxylic acids is 1. The van der Waals surface area contributed by atoms with Gasteiger partial charge in [-0.25, -0.2) is 8.78 Å². The first-order chi connectivity index (χ1) is 9.00. The predicted molar refractivity (Wildman–Crippen MR) is 64.6 cm³/mol. The standard InChI is InChI=1S/C13H15F2NO3/c14-10-4-3-5-11(15)9(10)8-12(17)16-7-2-1-6-13(18)19/h3-5H,1-2,6-8H2,(H,16,17)(H,18,19). The van der Waals surface area contributed by atoms with E-state index in [0.717, 1.165) is 12.1 Å². The molecule has 104 valence electrons. The van der Waals surface area contributed by atoms with Gasteiger partial charge in [-0.2, -0.15) is 0 Å². The second-order valence-electron chi connectivity index (χ2n) is 4.08. The number of hydrogen-bond donors (Lipinski definition) is 2. The fourth-order valence-corrected chi connectivity index (χ4v) is 1.55. The Kier molecular flexibility index (Phi) is 5.92. The lowest BCUT2D eigenvalue weighted by molar-refractivity contribution is -0.137. The van der Waals surface area contributed by atoms with Crippen molar-refractivity contribution < 1.29 is 23.5 Å². The molecule has 0 atom stereocenters. The molecule has 0 heterocycles. The summed E-state index contributed by atoms with van der Waals surface area (Å²) >= 11 is 0. The van der Waals surface area contributed by atoms with Crippen molar-refractivity contribution in [3.8, 4) is 0 Å². The summed E-state index contributed by atoms with van der Waals surface area (Å²) < 4.78 is 26.5. The maximum atomic E-state index is 13.3. The van der Waals surface area contributed by atoms with Gasteiger partial charge in [0, 0.05) is 18.5 Å². The Labute approximate surface area is 109 Å². The summed E-state index contributed by atoms with van der Waals surface area (Å²) in [6, 6.07) is 3.43. The molecule has 0 saturated carbocycles. The van der Waals surface area contributed by atoms with Crippen LogP contribution in [-0.4, -0.2) is 23.5 Å². The van der Waals surface area contributed by atoms with E-state index in [1.54, 1.807) is 0 Å². The summed E-state index contributed by atoms with van der Waals surface area (Å²) in [6.07, 6.45) is 0.636. The maximum absolute atomic E-state index is 13.3. The van der Waals surface area contributed by atoms with E-state index >= 15 is 0 Å². The molecular formula is C13H15F2NO3. The molecule has 2 N–H and O–H groups in total. The van der Waals surface area contributed by atoms with Gasteiger partial charge in [0.1, 0.15) is 11.6 Å². The van der Waals surface area contributed by atoms with Crippen LogP contribution in [0.4, 0.5) is 8.78 Å². The molecule has 0 aliphatic rings. The quantitative estimate of drug-likeness (QED) is 0.744. The molecule has 1 amide bonds. The van der Waals surface area contributed by atoms with E-state index in [4.69, 9.17) is 5.11 Å². The van der Waals surface area contributed by atoms with Gasteiger partial charge in [0.05, 0.1) is 6.42 Å².